The van der Waals surface area contributed by atoms with E-state index in [0.717, 1.165) is 18.1 Å². The molecule has 4 N–H and O–H groups in total. The average Bonchev–Trinajstić information content (AvgIpc) is 2.25. The Morgan fingerprint density at radius 1 is 1.50 bits per heavy atom. The Bertz CT molecular complexity index is 242. The van der Waals surface area contributed by atoms with Gasteiger partial charge in [0.25, 0.3) is 0 Å². The molecular formula is C10H19N3O2S. The number of rotatable bonds is 6. The van der Waals surface area contributed by atoms with Crippen LogP contribution in [0, 0.1) is 0 Å². The molecule has 1 heterocycles. The van der Waals surface area contributed by atoms with Crippen molar-refractivity contribution < 1.29 is 9.59 Å². The Hall–Kier alpha value is -0.750. The van der Waals surface area contributed by atoms with Crippen LogP contribution in [0.4, 0.5) is 0 Å². The van der Waals surface area contributed by atoms with Gasteiger partial charge in [0.1, 0.15) is 0 Å². The zero-order valence-electron chi connectivity index (χ0n) is 9.33. The van der Waals surface area contributed by atoms with Gasteiger partial charge in [0.15, 0.2) is 0 Å². The van der Waals surface area contributed by atoms with Crippen molar-refractivity contribution in [1.82, 2.24) is 10.6 Å². The molecule has 1 atom stereocenters. The number of primary amides is 1. The lowest BCUT2D eigenvalue weighted by Gasteiger charge is -2.22. The molecule has 1 saturated heterocycles. The first kappa shape index (κ1) is 13.3. The molecule has 1 fully saturated rings. The summed E-state index contributed by atoms with van der Waals surface area (Å²) in [5.74, 6) is 1.84. The van der Waals surface area contributed by atoms with E-state index in [1.165, 1.54) is 0 Å². The maximum Gasteiger partial charge on any atom is 0.221 e. The minimum atomic E-state index is -0.320. The third-order valence-electron chi connectivity index (χ3n) is 2.35. The normalized spacial score (nSPS) is 20.4. The summed E-state index contributed by atoms with van der Waals surface area (Å²) in [4.78, 5) is 21.9. The van der Waals surface area contributed by atoms with Gasteiger partial charge in [-0.25, -0.2) is 0 Å². The minimum absolute atomic E-state index is 0.0458. The monoisotopic (exact) mass is 245 g/mol. The summed E-state index contributed by atoms with van der Waals surface area (Å²) in [6.45, 7) is 1.51. The fraction of sp³-hybridized carbons (Fsp3) is 0.800. The first-order valence-corrected chi connectivity index (χ1v) is 6.70. The summed E-state index contributed by atoms with van der Waals surface area (Å²) in [5.41, 5.74) is 4.99. The van der Waals surface area contributed by atoms with E-state index in [-0.39, 0.29) is 17.9 Å². The fourth-order valence-corrected chi connectivity index (χ4v) is 2.49. The molecule has 0 bridgehead atoms. The highest BCUT2D eigenvalue weighted by molar-refractivity contribution is 7.99. The molecule has 0 aromatic heterocycles. The van der Waals surface area contributed by atoms with E-state index < -0.39 is 0 Å². The smallest absolute Gasteiger partial charge is 0.221 e. The Morgan fingerprint density at radius 2 is 2.31 bits per heavy atom. The number of carbonyl (C=O) groups is 2. The maximum atomic E-state index is 11.5. The van der Waals surface area contributed by atoms with Crippen LogP contribution in [-0.4, -0.2) is 42.5 Å². The third kappa shape index (κ3) is 5.97. The molecule has 92 valence electrons. The van der Waals surface area contributed by atoms with Crippen LogP contribution in [0.15, 0.2) is 0 Å². The van der Waals surface area contributed by atoms with E-state index in [0.29, 0.717) is 25.8 Å². The van der Waals surface area contributed by atoms with Crippen molar-refractivity contribution in [3.05, 3.63) is 0 Å². The summed E-state index contributed by atoms with van der Waals surface area (Å²) in [6, 6.07) is 0.287. The van der Waals surface area contributed by atoms with Crippen LogP contribution >= 0.6 is 11.8 Å². The summed E-state index contributed by atoms with van der Waals surface area (Å²) in [5, 5.41) is 6.09. The molecule has 0 aromatic carbocycles. The van der Waals surface area contributed by atoms with Crippen molar-refractivity contribution in [2.24, 2.45) is 5.73 Å². The first-order valence-electron chi connectivity index (χ1n) is 5.54. The molecule has 1 aliphatic heterocycles. The number of carbonyl (C=O) groups excluding carboxylic acids is 2. The summed E-state index contributed by atoms with van der Waals surface area (Å²) in [6.07, 6.45) is 1.47. The Kier molecular flexibility index (Phi) is 6.25. The van der Waals surface area contributed by atoms with Gasteiger partial charge in [-0.2, -0.15) is 11.8 Å². The summed E-state index contributed by atoms with van der Waals surface area (Å²) < 4.78 is 0. The SMILES string of the molecule is NC(=O)CCCNC(=O)CC1CSCCN1. The van der Waals surface area contributed by atoms with Crippen molar-refractivity contribution in [3.8, 4) is 0 Å². The van der Waals surface area contributed by atoms with Gasteiger partial charge in [0.05, 0.1) is 0 Å². The predicted molar refractivity (Wildman–Crippen MR) is 65.2 cm³/mol. The molecule has 6 heteroatoms. The molecule has 0 aliphatic carbocycles. The lowest BCUT2D eigenvalue weighted by molar-refractivity contribution is -0.122. The van der Waals surface area contributed by atoms with Gasteiger partial charge in [0, 0.05) is 43.5 Å². The zero-order valence-corrected chi connectivity index (χ0v) is 10.1. The lowest BCUT2D eigenvalue weighted by Crippen LogP contribution is -2.41. The third-order valence-corrected chi connectivity index (χ3v) is 3.48. The second-order valence-electron chi connectivity index (χ2n) is 3.85. The second kappa shape index (κ2) is 7.51. The number of nitrogens with one attached hydrogen (secondary N) is 2. The van der Waals surface area contributed by atoms with Crippen LogP contribution in [-0.2, 0) is 9.59 Å². The lowest BCUT2D eigenvalue weighted by atomic mass is 10.2. The van der Waals surface area contributed by atoms with Gasteiger partial charge < -0.3 is 16.4 Å². The highest BCUT2D eigenvalue weighted by atomic mass is 32.2. The van der Waals surface area contributed by atoms with E-state index in [1.807, 2.05) is 11.8 Å². The van der Waals surface area contributed by atoms with Crippen molar-refractivity contribution in [2.75, 3.05) is 24.6 Å². The number of thioether (sulfide) groups is 1. The molecule has 1 rings (SSSR count). The van der Waals surface area contributed by atoms with Crippen LogP contribution in [0.2, 0.25) is 0 Å². The molecule has 2 amide bonds. The Balaban J connectivity index is 2.03. The second-order valence-corrected chi connectivity index (χ2v) is 5.00. The van der Waals surface area contributed by atoms with Gasteiger partial charge in [-0.15, -0.1) is 0 Å². The fourth-order valence-electron chi connectivity index (χ4n) is 1.54. The largest absolute Gasteiger partial charge is 0.370 e. The average molecular weight is 245 g/mol. The van der Waals surface area contributed by atoms with Gasteiger partial charge in [-0.1, -0.05) is 0 Å². The molecule has 0 saturated carbocycles. The molecule has 0 radical (unpaired) electrons. The van der Waals surface area contributed by atoms with Crippen molar-refractivity contribution in [3.63, 3.8) is 0 Å². The van der Waals surface area contributed by atoms with E-state index in [1.54, 1.807) is 0 Å². The van der Waals surface area contributed by atoms with Crippen LogP contribution in [0.3, 0.4) is 0 Å². The van der Waals surface area contributed by atoms with Crippen molar-refractivity contribution >= 4 is 23.6 Å². The number of amides is 2. The first-order chi connectivity index (χ1) is 7.68. The van der Waals surface area contributed by atoms with Gasteiger partial charge in [-0.05, 0) is 6.42 Å². The topological polar surface area (TPSA) is 84.2 Å². The number of nitrogens with two attached hydrogens (primary N) is 1. The molecule has 1 aliphatic rings. The van der Waals surface area contributed by atoms with Crippen LogP contribution in [0.5, 0.6) is 0 Å². The minimum Gasteiger partial charge on any atom is -0.370 e. The summed E-state index contributed by atoms with van der Waals surface area (Å²) in [7, 11) is 0. The van der Waals surface area contributed by atoms with Crippen molar-refractivity contribution in [2.45, 2.75) is 25.3 Å². The van der Waals surface area contributed by atoms with Crippen LogP contribution in [0.1, 0.15) is 19.3 Å². The number of hydrogen-bond donors (Lipinski definition) is 3. The highest BCUT2D eigenvalue weighted by Crippen LogP contribution is 2.09. The predicted octanol–water partition coefficient (Wildman–Crippen LogP) is -0.537. The Labute approximate surface area is 99.9 Å². The molecule has 1 unspecified atom stereocenters. The molecule has 0 spiro atoms. The molecule has 5 nitrogen and oxygen atoms in total. The zero-order chi connectivity index (χ0) is 11.8. The standard InChI is InChI=1S/C10H19N3O2S/c11-9(14)2-1-3-13-10(15)6-8-7-16-5-4-12-8/h8,12H,1-7H2,(H2,11,14)(H,13,15). The highest BCUT2D eigenvalue weighted by Gasteiger charge is 2.16. The molecule has 16 heavy (non-hydrogen) atoms. The maximum absolute atomic E-state index is 11.5. The Morgan fingerprint density at radius 3 is 2.94 bits per heavy atom. The molecule has 0 aromatic rings. The van der Waals surface area contributed by atoms with Crippen molar-refractivity contribution in [1.29, 1.82) is 0 Å². The van der Waals surface area contributed by atoms with Gasteiger partial charge >= 0.3 is 0 Å². The van der Waals surface area contributed by atoms with Crippen LogP contribution < -0.4 is 16.4 Å². The number of hydrogen-bond acceptors (Lipinski definition) is 4. The van der Waals surface area contributed by atoms with E-state index in [4.69, 9.17) is 5.73 Å². The van der Waals surface area contributed by atoms with E-state index in [9.17, 15) is 9.59 Å². The quantitative estimate of drug-likeness (QED) is 0.549. The van der Waals surface area contributed by atoms with E-state index >= 15 is 0 Å². The van der Waals surface area contributed by atoms with E-state index in [2.05, 4.69) is 10.6 Å². The van der Waals surface area contributed by atoms with Gasteiger partial charge in [0.2, 0.25) is 11.8 Å². The van der Waals surface area contributed by atoms with Crippen LogP contribution in [0.25, 0.3) is 0 Å². The molecular weight excluding hydrogens is 226 g/mol. The summed E-state index contributed by atoms with van der Waals surface area (Å²) >= 11 is 1.87. The van der Waals surface area contributed by atoms with Gasteiger partial charge in [-0.3, -0.25) is 9.59 Å².